The molecule has 0 atom stereocenters. The van der Waals surface area contributed by atoms with Crippen LogP contribution < -0.4 is 4.90 Å². The Morgan fingerprint density at radius 1 is 0.264 bits per heavy atom. The highest BCUT2D eigenvalue weighted by Crippen LogP contribution is 2.49. The van der Waals surface area contributed by atoms with Crippen LogP contribution >= 0.6 is 0 Å². The molecule has 0 bridgehead atoms. The van der Waals surface area contributed by atoms with E-state index in [1.807, 2.05) is 0 Å². The standard InChI is InChI=1S/C70H48N2/c1-4-22-51(23-5-1)59-31-12-13-33-63(59)69-60(52-24-6-2-7-25-52)35-19-37-64(69)62-32-14-16-38-66(62)71(57-45-43-50(44-46-57)54-42-41-49-21-10-11-26-53(49)47-54)58-30-18-27-55(48-58)61-36-20-40-68-70(61)65-34-15-17-39-67(65)72(68)56-28-8-3-9-29-56/h1-48H. The molecule has 0 saturated heterocycles. The Labute approximate surface area is 420 Å². The van der Waals surface area contributed by atoms with Crippen molar-refractivity contribution < 1.29 is 0 Å². The fraction of sp³-hybridized carbons (Fsp3) is 0. The predicted molar refractivity (Wildman–Crippen MR) is 306 cm³/mol. The Bertz CT molecular complexity index is 4080. The summed E-state index contributed by atoms with van der Waals surface area (Å²) >= 11 is 0. The molecule has 0 radical (unpaired) electrons. The number of nitrogens with zero attached hydrogens (tertiary/aromatic N) is 2. The molecule has 0 unspecified atom stereocenters. The number of anilines is 3. The van der Waals surface area contributed by atoms with Crippen LogP contribution in [0.2, 0.25) is 0 Å². The smallest absolute Gasteiger partial charge is 0.0547 e. The van der Waals surface area contributed by atoms with E-state index in [4.69, 9.17) is 0 Å². The zero-order valence-electron chi connectivity index (χ0n) is 39.6. The monoisotopic (exact) mass is 916 g/mol. The molecule has 12 aromatic carbocycles. The van der Waals surface area contributed by atoms with E-state index >= 15 is 0 Å². The minimum atomic E-state index is 1.06. The summed E-state index contributed by atoms with van der Waals surface area (Å²) in [4.78, 5) is 2.46. The van der Waals surface area contributed by atoms with Crippen molar-refractivity contribution in [2.45, 2.75) is 0 Å². The van der Waals surface area contributed by atoms with Crippen molar-refractivity contribution in [3.05, 3.63) is 291 Å². The van der Waals surface area contributed by atoms with Gasteiger partial charge in [0.2, 0.25) is 0 Å². The minimum Gasteiger partial charge on any atom is -0.310 e. The molecule has 0 aliphatic heterocycles. The maximum atomic E-state index is 2.46. The van der Waals surface area contributed by atoms with Gasteiger partial charge in [-0.2, -0.15) is 0 Å². The van der Waals surface area contributed by atoms with Gasteiger partial charge < -0.3 is 9.47 Å². The molecule has 0 N–H and O–H groups in total. The van der Waals surface area contributed by atoms with Crippen LogP contribution in [0.5, 0.6) is 0 Å². The highest BCUT2D eigenvalue weighted by molar-refractivity contribution is 6.16. The molecule has 0 fully saturated rings. The number of para-hydroxylation sites is 3. The van der Waals surface area contributed by atoms with Crippen LogP contribution in [-0.2, 0) is 0 Å². The Morgan fingerprint density at radius 2 is 0.806 bits per heavy atom. The molecule has 1 aromatic heterocycles. The van der Waals surface area contributed by atoms with Gasteiger partial charge in [0, 0.05) is 33.4 Å². The van der Waals surface area contributed by atoms with Gasteiger partial charge in [0.15, 0.2) is 0 Å². The average molecular weight is 917 g/mol. The first-order valence-electron chi connectivity index (χ1n) is 24.8. The fourth-order valence-corrected chi connectivity index (χ4v) is 10.9. The molecule has 2 heteroatoms. The fourth-order valence-electron chi connectivity index (χ4n) is 10.9. The molecule has 13 aromatic rings. The second kappa shape index (κ2) is 18.4. The zero-order valence-corrected chi connectivity index (χ0v) is 39.6. The highest BCUT2D eigenvalue weighted by Gasteiger charge is 2.24. The minimum absolute atomic E-state index is 1.06. The lowest BCUT2D eigenvalue weighted by atomic mass is 9.84. The largest absolute Gasteiger partial charge is 0.310 e. The molecule has 1 heterocycles. The number of aromatic nitrogens is 1. The highest BCUT2D eigenvalue weighted by atomic mass is 15.1. The Kier molecular flexibility index (Phi) is 10.9. The molecular formula is C70H48N2. The normalized spacial score (nSPS) is 11.3. The summed E-state index contributed by atoms with van der Waals surface area (Å²) in [6.07, 6.45) is 0. The first-order chi connectivity index (χ1) is 35.7. The molecule has 0 spiro atoms. The molecular weight excluding hydrogens is 869 g/mol. The molecule has 0 aliphatic carbocycles. The van der Waals surface area contributed by atoms with Crippen molar-refractivity contribution in [1.29, 1.82) is 0 Å². The summed E-state index contributed by atoms with van der Waals surface area (Å²) < 4.78 is 2.40. The second-order valence-corrected chi connectivity index (χ2v) is 18.4. The predicted octanol–water partition coefficient (Wildman–Crippen LogP) is 19.4. The van der Waals surface area contributed by atoms with Crippen molar-refractivity contribution in [3.8, 4) is 72.4 Å². The topological polar surface area (TPSA) is 8.17 Å². The quantitative estimate of drug-likeness (QED) is 0.133. The van der Waals surface area contributed by atoms with Gasteiger partial charge in [0.1, 0.15) is 0 Å². The first-order valence-corrected chi connectivity index (χ1v) is 24.8. The van der Waals surface area contributed by atoms with Crippen LogP contribution in [-0.4, -0.2) is 4.57 Å². The molecule has 2 nitrogen and oxygen atoms in total. The van der Waals surface area contributed by atoms with Gasteiger partial charge in [-0.3, -0.25) is 0 Å². The lowest BCUT2D eigenvalue weighted by Crippen LogP contribution is -2.11. The van der Waals surface area contributed by atoms with Crippen LogP contribution in [0.3, 0.4) is 0 Å². The van der Waals surface area contributed by atoms with Gasteiger partial charge in [-0.1, -0.05) is 231 Å². The van der Waals surface area contributed by atoms with Crippen LogP contribution in [0.25, 0.3) is 105 Å². The van der Waals surface area contributed by atoms with Gasteiger partial charge in [-0.05, 0) is 133 Å². The van der Waals surface area contributed by atoms with Gasteiger partial charge >= 0.3 is 0 Å². The lowest BCUT2D eigenvalue weighted by Gasteiger charge is -2.29. The molecule has 13 rings (SSSR count). The van der Waals surface area contributed by atoms with Gasteiger partial charge in [0.25, 0.3) is 0 Å². The zero-order chi connectivity index (χ0) is 47.8. The van der Waals surface area contributed by atoms with E-state index in [9.17, 15) is 0 Å². The Morgan fingerprint density at radius 3 is 1.60 bits per heavy atom. The summed E-state index contributed by atoms with van der Waals surface area (Å²) in [5.74, 6) is 0. The van der Waals surface area contributed by atoms with Gasteiger partial charge in [-0.25, -0.2) is 0 Å². The van der Waals surface area contributed by atoms with Crippen LogP contribution in [0.1, 0.15) is 0 Å². The van der Waals surface area contributed by atoms with E-state index < -0.39 is 0 Å². The third-order valence-electron chi connectivity index (χ3n) is 14.2. The van der Waals surface area contributed by atoms with E-state index in [2.05, 4.69) is 301 Å². The lowest BCUT2D eigenvalue weighted by molar-refractivity contribution is 1.18. The van der Waals surface area contributed by atoms with Crippen molar-refractivity contribution in [2.75, 3.05) is 4.90 Å². The van der Waals surface area contributed by atoms with Crippen molar-refractivity contribution >= 4 is 49.6 Å². The Balaban J connectivity index is 1.03. The maximum Gasteiger partial charge on any atom is 0.0547 e. The van der Waals surface area contributed by atoms with Crippen LogP contribution in [0.4, 0.5) is 17.1 Å². The summed E-state index contributed by atoms with van der Waals surface area (Å²) in [6.45, 7) is 0. The van der Waals surface area contributed by atoms with Crippen molar-refractivity contribution in [3.63, 3.8) is 0 Å². The van der Waals surface area contributed by atoms with Crippen molar-refractivity contribution in [2.24, 2.45) is 0 Å². The summed E-state index contributed by atoms with van der Waals surface area (Å²) in [5.41, 5.74) is 20.8. The van der Waals surface area contributed by atoms with E-state index in [1.165, 1.54) is 82.6 Å². The maximum absolute atomic E-state index is 2.46. The molecule has 72 heavy (non-hydrogen) atoms. The summed E-state index contributed by atoms with van der Waals surface area (Å²) in [7, 11) is 0. The molecule has 0 amide bonds. The third-order valence-corrected chi connectivity index (χ3v) is 14.2. The van der Waals surface area contributed by atoms with E-state index in [1.54, 1.807) is 0 Å². The number of rotatable bonds is 10. The molecule has 0 saturated carbocycles. The Hall–Kier alpha value is -9.50. The van der Waals surface area contributed by atoms with E-state index in [0.717, 1.165) is 39.4 Å². The number of fused-ring (bicyclic) bond motifs is 4. The summed E-state index contributed by atoms with van der Waals surface area (Å²) in [6, 6.07) is 106. The van der Waals surface area contributed by atoms with Crippen molar-refractivity contribution in [1.82, 2.24) is 4.57 Å². The third kappa shape index (κ3) is 7.63. The molecule has 338 valence electrons. The summed E-state index contributed by atoms with van der Waals surface area (Å²) in [5, 5.41) is 4.93. The SMILES string of the molecule is c1ccc(-c2ccccc2-c2c(-c3ccccc3)cccc2-c2ccccc2N(c2ccc(-c3ccc4ccccc4c3)cc2)c2cccc(-c3cccc4c3c3ccccc3n4-c3ccccc3)c2)cc1. The van der Waals surface area contributed by atoms with E-state index in [-0.39, 0.29) is 0 Å². The second-order valence-electron chi connectivity index (χ2n) is 18.4. The number of benzene rings is 12. The van der Waals surface area contributed by atoms with E-state index in [0.29, 0.717) is 0 Å². The van der Waals surface area contributed by atoms with Crippen LogP contribution in [0.15, 0.2) is 291 Å². The van der Waals surface area contributed by atoms with Gasteiger partial charge in [0.05, 0.1) is 16.7 Å². The first kappa shape index (κ1) is 42.6. The number of hydrogen-bond acceptors (Lipinski definition) is 1. The number of hydrogen-bond donors (Lipinski definition) is 0. The molecule has 0 aliphatic rings. The van der Waals surface area contributed by atoms with Gasteiger partial charge in [-0.15, -0.1) is 0 Å². The van der Waals surface area contributed by atoms with Crippen LogP contribution in [0, 0.1) is 0 Å². The average Bonchev–Trinajstić information content (AvgIpc) is 3.81.